The number of pyridine rings is 1. The van der Waals surface area contributed by atoms with Gasteiger partial charge in [0, 0.05) is 23.6 Å². The van der Waals surface area contributed by atoms with E-state index in [2.05, 4.69) is 42.4 Å². The fourth-order valence-electron chi connectivity index (χ4n) is 2.27. The molecule has 0 radical (unpaired) electrons. The standard InChI is InChI=1S/C12H19N3S/c1-8-4-11(13)5-14-12(8)15-6-9(2)16-10(3)7-15/h4-5,9-10H,6-7,13H2,1-3H3. The van der Waals surface area contributed by atoms with Crippen molar-refractivity contribution in [2.24, 2.45) is 0 Å². The number of aryl methyl sites for hydroxylation is 1. The molecule has 2 rings (SSSR count). The molecule has 1 aliphatic heterocycles. The average Bonchev–Trinajstić information content (AvgIpc) is 2.15. The van der Waals surface area contributed by atoms with E-state index in [0.717, 1.165) is 24.6 Å². The Labute approximate surface area is 101 Å². The predicted octanol–water partition coefficient (Wildman–Crippen LogP) is 2.30. The molecule has 88 valence electrons. The summed E-state index contributed by atoms with van der Waals surface area (Å²) in [6.07, 6.45) is 1.75. The summed E-state index contributed by atoms with van der Waals surface area (Å²) in [5.41, 5.74) is 7.64. The molecule has 1 aromatic heterocycles. The number of hydrogen-bond acceptors (Lipinski definition) is 4. The lowest BCUT2D eigenvalue weighted by atomic mass is 10.2. The van der Waals surface area contributed by atoms with E-state index < -0.39 is 0 Å². The maximum Gasteiger partial charge on any atom is 0.131 e. The van der Waals surface area contributed by atoms with Crippen molar-refractivity contribution >= 4 is 23.3 Å². The summed E-state index contributed by atoms with van der Waals surface area (Å²) in [7, 11) is 0. The van der Waals surface area contributed by atoms with E-state index >= 15 is 0 Å². The Kier molecular flexibility index (Phi) is 3.28. The Morgan fingerprint density at radius 3 is 2.56 bits per heavy atom. The molecule has 0 saturated carbocycles. The van der Waals surface area contributed by atoms with Crippen molar-refractivity contribution in [3.05, 3.63) is 17.8 Å². The van der Waals surface area contributed by atoms with E-state index in [0.29, 0.717) is 10.5 Å². The van der Waals surface area contributed by atoms with Crippen LogP contribution in [0.5, 0.6) is 0 Å². The molecule has 0 spiro atoms. The molecule has 0 amide bonds. The van der Waals surface area contributed by atoms with Gasteiger partial charge in [-0.3, -0.25) is 0 Å². The summed E-state index contributed by atoms with van der Waals surface area (Å²) in [6, 6.07) is 2.00. The molecule has 1 fully saturated rings. The Bertz CT molecular complexity index is 371. The van der Waals surface area contributed by atoms with Crippen LogP contribution in [0.25, 0.3) is 0 Å². The van der Waals surface area contributed by atoms with E-state index in [9.17, 15) is 0 Å². The van der Waals surface area contributed by atoms with Crippen LogP contribution in [-0.2, 0) is 0 Å². The Morgan fingerprint density at radius 1 is 1.38 bits per heavy atom. The first-order chi connectivity index (χ1) is 7.56. The SMILES string of the molecule is Cc1cc(N)cnc1N1CC(C)SC(C)C1. The third-order valence-electron chi connectivity index (χ3n) is 2.79. The lowest BCUT2D eigenvalue weighted by Gasteiger charge is -2.36. The van der Waals surface area contributed by atoms with E-state index in [-0.39, 0.29) is 0 Å². The topological polar surface area (TPSA) is 42.1 Å². The van der Waals surface area contributed by atoms with Crippen LogP contribution >= 0.6 is 11.8 Å². The third-order valence-corrected chi connectivity index (χ3v) is 4.02. The zero-order chi connectivity index (χ0) is 11.7. The zero-order valence-corrected chi connectivity index (χ0v) is 10.9. The van der Waals surface area contributed by atoms with Crippen molar-refractivity contribution in [2.45, 2.75) is 31.3 Å². The highest BCUT2D eigenvalue weighted by Gasteiger charge is 2.23. The van der Waals surface area contributed by atoms with Gasteiger partial charge in [0.05, 0.1) is 11.9 Å². The van der Waals surface area contributed by atoms with Gasteiger partial charge in [-0.25, -0.2) is 4.98 Å². The maximum absolute atomic E-state index is 5.73. The van der Waals surface area contributed by atoms with Gasteiger partial charge in [-0.2, -0.15) is 11.8 Å². The Balaban J connectivity index is 2.23. The summed E-state index contributed by atoms with van der Waals surface area (Å²) in [4.78, 5) is 6.84. The van der Waals surface area contributed by atoms with Crippen molar-refractivity contribution in [1.29, 1.82) is 0 Å². The molecule has 2 atom stereocenters. The summed E-state index contributed by atoms with van der Waals surface area (Å²) < 4.78 is 0. The number of hydrogen-bond donors (Lipinski definition) is 1. The molecule has 1 aliphatic rings. The normalized spacial score (nSPS) is 25.8. The van der Waals surface area contributed by atoms with Crippen molar-refractivity contribution in [1.82, 2.24) is 4.98 Å². The first kappa shape index (κ1) is 11.6. The van der Waals surface area contributed by atoms with Crippen LogP contribution in [0.4, 0.5) is 11.5 Å². The van der Waals surface area contributed by atoms with E-state index in [1.165, 1.54) is 5.56 Å². The number of rotatable bonds is 1. The van der Waals surface area contributed by atoms with Crippen LogP contribution in [0, 0.1) is 6.92 Å². The van der Waals surface area contributed by atoms with Gasteiger partial charge in [-0.1, -0.05) is 13.8 Å². The van der Waals surface area contributed by atoms with Crippen LogP contribution < -0.4 is 10.6 Å². The van der Waals surface area contributed by atoms with Crippen molar-refractivity contribution in [3.8, 4) is 0 Å². The minimum atomic E-state index is 0.669. The van der Waals surface area contributed by atoms with E-state index in [4.69, 9.17) is 5.73 Å². The molecule has 3 nitrogen and oxygen atoms in total. The molecular weight excluding hydrogens is 218 g/mol. The fourth-order valence-corrected chi connectivity index (χ4v) is 3.60. The van der Waals surface area contributed by atoms with Gasteiger partial charge in [0.25, 0.3) is 0 Å². The van der Waals surface area contributed by atoms with Gasteiger partial charge in [0.15, 0.2) is 0 Å². The zero-order valence-electron chi connectivity index (χ0n) is 10.1. The first-order valence-corrected chi connectivity index (χ1v) is 6.63. The third kappa shape index (κ3) is 2.43. The molecule has 4 heteroatoms. The molecule has 2 heterocycles. The Morgan fingerprint density at radius 2 is 2.00 bits per heavy atom. The van der Waals surface area contributed by atoms with Gasteiger partial charge < -0.3 is 10.6 Å². The molecule has 0 aliphatic carbocycles. The highest BCUT2D eigenvalue weighted by molar-refractivity contribution is 8.00. The monoisotopic (exact) mass is 237 g/mol. The van der Waals surface area contributed by atoms with Crippen molar-refractivity contribution in [3.63, 3.8) is 0 Å². The van der Waals surface area contributed by atoms with Crippen LogP contribution in [0.1, 0.15) is 19.4 Å². The van der Waals surface area contributed by atoms with Crippen molar-refractivity contribution < 1.29 is 0 Å². The highest BCUT2D eigenvalue weighted by Crippen LogP contribution is 2.29. The van der Waals surface area contributed by atoms with Gasteiger partial charge in [0.2, 0.25) is 0 Å². The lowest BCUT2D eigenvalue weighted by Crippen LogP contribution is -2.41. The quantitative estimate of drug-likeness (QED) is 0.814. The van der Waals surface area contributed by atoms with Crippen LogP contribution in [0.3, 0.4) is 0 Å². The number of aromatic nitrogens is 1. The van der Waals surface area contributed by atoms with Gasteiger partial charge >= 0.3 is 0 Å². The number of nitrogens with two attached hydrogens (primary N) is 1. The lowest BCUT2D eigenvalue weighted by molar-refractivity contribution is 0.716. The second-order valence-electron chi connectivity index (χ2n) is 4.57. The first-order valence-electron chi connectivity index (χ1n) is 5.69. The molecule has 2 unspecified atom stereocenters. The number of nitrogen functional groups attached to an aromatic ring is 1. The van der Waals surface area contributed by atoms with E-state index in [1.807, 2.05) is 6.07 Å². The highest BCUT2D eigenvalue weighted by atomic mass is 32.2. The van der Waals surface area contributed by atoms with Crippen molar-refractivity contribution in [2.75, 3.05) is 23.7 Å². The predicted molar refractivity (Wildman–Crippen MR) is 72.1 cm³/mol. The molecule has 16 heavy (non-hydrogen) atoms. The second-order valence-corrected chi connectivity index (χ2v) is 6.45. The Hall–Kier alpha value is -0.900. The van der Waals surface area contributed by atoms with Gasteiger partial charge in [-0.15, -0.1) is 0 Å². The smallest absolute Gasteiger partial charge is 0.131 e. The summed E-state index contributed by atoms with van der Waals surface area (Å²) in [5.74, 6) is 1.09. The number of nitrogens with zero attached hydrogens (tertiary/aromatic N) is 2. The van der Waals surface area contributed by atoms with Crippen LogP contribution in [0.15, 0.2) is 12.3 Å². The largest absolute Gasteiger partial charge is 0.397 e. The summed E-state index contributed by atoms with van der Waals surface area (Å²) in [6.45, 7) is 8.79. The molecular formula is C12H19N3S. The number of thioether (sulfide) groups is 1. The summed E-state index contributed by atoms with van der Waals surface area (Å²) >= 11 is 2.05. The summed E-state index contributed by atoms with van der Waals surface area (Å²) in [5, 5.41) is 1.34. The minimum Gasteiger partial charge on any atom is -0.397 e. The maximum atomic E-state index is 5.73. The molecule has 1 aromatic rings. The van der Waals surface area contributed by atoms with E-state index in [1.54, 1.807) is 6.20 Å². The molecule has 2 N–H and O–H groups in total. The van der Waals surface area contributed by atoms with Gasteiger partial charge in [0.1, 0.15) is 5.82 Å². The average molecular weight is 237 g/mol. The van der Waals surface area contributed by atoms with Crippen LogP contribution in [0.2, 0.25) is 0 Å². The van der Waals surface area contributed by atoms with Gasteiger partial charge in [-0.05, 0) is 18.6 Å². The molecule has 0 aromatic carbocycles. The molecule has 0 bridgehead atoms. The number of anilines is 2. The van der Waals surface area contributed by atoms with Crippen LogP contribution in [-0.4, -0.2) is 28.6 Å². The molecule has 1 saturated heterocycles. The minimum absolute atomic E-state index is 0.669. The fraction of sp³-hybridized carbons (Fsp3) is 0.583. The second kappa shape index (κ2) is 4.53.